The molecule has 10 nitrogen and oxygen atoms in total. The van der Waals surface area contributed by atoms with E-state index in [1.165, 1.54) is 9.13 Å². The molecule has 0 aliphatic carbocycles. The van der Waals surface area contributed by atoms with Crippen molar-refractivity contribution in [3.8, 4) is 0 Å². The molecule has 5 rings (SSSR count). The van der Waals surface area contributed by atoms with Crippen LogP contribution in [-0.4, -0.2) is 57.7 Å². The number of rotatable bonds is 4. The highest BCUT2D eigenvalue weighted by Gasteiger charge is 2.36. The molecule has 0 unspecified atom stereocenters. The van der Waals surface area contributed by atoms with Crippen LogP contribution in [0.1, 0.15) is 76.1 Å². The molecule has 2 heterocycles. The maximum atomic E-state index is 14.0. The van der Waals surface area contributed by atoms with Crippen molar-refractivity contribution in [2.24, 2.45) is 0 Å². The van der Waals surface area contributed by atoms with E-state index in [0.717, 1.165) is 0 Å². The van der Waals surface area contributed by atoms with Crippen LogP contribution in [0.15, 0.2) is 48.5 Å². The van der Waals surface area contributed by atoms with E-state index in [1.54, 1.807) is 104 Å². The van der Waals surface area contributed by atoms with Crippen molar-refractivity contribution in [3.05, 3.63) is 59.7 Å². The first-order valence-electron chi connectivity index (χ1n) is 14.5. The maximum Gasteiger partial charge on any atom is 0.419 e. The summed E-state index contributed by atoms with van der Waals surface area (Å²) in [5.74, 6) is -1.48. The summed E-state index contributed by atoms with van der Waals surface area (Å²) in [6.07, 6.45) is -1.50. The Kier molecular flexibility index (Phi) is 7.65. The molecule has 0 fully saturated rings. The van der Waals surface area contributed by atoms with Crippen molar-refractivity contribution in [3.63, 3.8) is 0 Å². The predicted octanol–water partition coefficient (Wildman–Crippen LogP) is 7.82. The summed E-state index contributed by atoms with van der Waals surface area (Å²) in [5.41, 5.74) is -0.722. The number of carbonyl (C=O) groups is 4. The largest absolute Gasteiger partial charge is 0.462 e. The first-order valence-corrected chi connectivity index (χ1v) is 14.5. The summed E-state index contributed by atoms with van der Waals surface area (Å²) in [4.78, 5) is 56.0. The highest BCUT2D eigenvalue weighted by Crippen LogP contribution is 2.44. The summed E-state index contributed by atoms with van der Waals surface area (Å²) in [6.45, 7) is 13.9. The normalized spacial score (nSPS) is 12.2. The third-order valence-electron chi connectivity index (χ3n) is 6.83. The highest BCUT2D eigenvalue weighted by atomic mass is 16.6. The van der Waals surface area contributed by atoms with Gasteiger partial charge in [0, 0.05) is 21.5 Å². The Balaban J connectivity index is 2.16. The second kappa shape index (κ2) is 11.0. The number of fused-ring (bicyclic) bond motifs is 6. The van der Waals surface area contributed by atoms with Gasteiger partial charge in [-0.15, -0.1) is 0 Å². The summed E-state index contributed by atoms with van der Waals surface area (Å²) in [6, 6.07) is 13.9. The van der Waals surface area contributed by atoms with Crippen LogP contribution in [0.2, 0.25) is 0 Å². The Morgan fingerprint density at radius 1 is 0.591 bits per heavy atom. The van der Waals surface area contributed by atoms with Crippen LogP contribution in [0.3, 0.4) is 0 Å². The van der Waals surface area contributed by atoms with Crippen molar-refractivity contribution < 1.29 is 38.1 Å². The molecule has 0 aliphatic rings. The average Bonchev–Trinajstić information content (AvgIpc) is 3.44. The molecule has 3 aromatic carbocycles. The first kappa shape index (κ1) is 30.6. The quantitative estimate of drug-likeness (QED) is 0.151. The van der Waals surface area contributed by atoms with Crippen LogP contribution in [0, 0.1) is 0 Å². The second-order valence-electron chi connectivity index (χ2n) is 12.3. The van der Waals surface area contributed by atoms with E-state index < -0.39 is 35.3 Å². The lowest BCUT2D eigenvalue weighted by Crippen LogP contribution is -2.28. The van der Waals surface area contributed by atoms with Crippen LogP contribution in [-0.2, 0) is 18.9 Å². The minimum absolute atomic E-state index is 0.00506. The van der Waals surface area contributed by atoms with Gasteiger partial charge in [-0.2, -0.15) is 0 Å². The summed E-state index contributed by atoms with van der Waals surface area (Å²) >= 11 is 0. The monoisotopic (exact) mass is 600 g/mol. The van der Waals surface area contributed by atoms with Gasteiger partial charge < -0.3 is 18.9 Å². The van der Waals surface area contributed by atoms with Gasteiger partial charge in [0.25, 0.3) is 0 Å². The molecule has 0 bridgehead atoms. The lowest BCUT2D eigenvalue weighted by Gasteiger charge is -2.22. The number of ether oxygens (including phenoxy) is 4. The zero-order valence-corrected chi connectivity index (χ0v) is 26.2. The first-order chi connectivity index (χ1) is 20.7. The van der Waals surface area contributed by atoms with Crippen LogP contribution in [0.5, 0.6) is 0 Å². The molecular formula is C34H36N2O8. The molecule has 0 saturated heterocycles. The van der Waals surface area contributed by atoms with Crippen molar-refractivity contribution in [2.45, 2.75) is 66.6 Å². The van der Waals surface area contributed by atoms with Gasteiger partial charge in [-0.25, -0.2) is 28.3 Å². The van der Waals surface area contributed by atoms with Crippen LogP contribution >= 0.6 is 0 Å². The Morgan fingerprint density at radius 3 is 1.25 bits per heavy atom. The molecular weight excluding hydrogens is 564 g/mol. The van der Waals surface area contributed by atoms with Gasteiger partial charge in [0.2, 0.25) is 0 Å². The van der Waals surface area contributed by atoms with Crippen LogP contribution in [0.25, 0.3) is 43.6 Å². The van der Waals surface area contributed by atoms with Gasteiger partial charge in [-0.1, -0.05) is 36.4 Å². The van der Waals surface area contributed by atoms with Crippen molar-refractivity contribution in [2.75, 3.05) is 13.2 Å². The summed E-state index contributed by atoms with van der Waals surface area (Å²) < 4.78 is 25.4. The highest BCUT2D eigenvalue weighted by molar-refractivity contribution is 6.35. The zero-order chi connectivity index (χ0) is 32.1. The van der Waals surface area contributed by atoms with Crippen LogP contribution in [0.4, 0.5) is 9.59 Å². The van der Waals surface area contributed by atoms with E-state index in [1.807, 2.05) is 0 Å². The number of carbonyl (C=O) groups excluding carboxylic acids is 4. The molecule has 0 aliphatic heterocycles. The third kappa shape index (κ3) is 5.14. The Bertz CT molecular complexity index is 1840. The van der Waals surface area contributed by atoms with Crippen LogP contribution < -0.4 is 0 Å². The third-order valence-corrected chi connectivity index (χ3v) is 6.83. The fourth-order valence-corrected chi connectivity index (χ4v) is 5.49. The van der Waals surface area contributed by atoms with Crippen molar-refractivity contribution >= 4 is 67.7 Å². The number of aromatic nitrogens is 2. The van der Waals surface area contributed by atoms with E-state index in [-0.39, 0.29) is 46.1 Å². The molecule has 0 N–H and O–H groups in total. The standard InChI is InChI=1S/C34H36N2O8/c1-9-41-29(37)25-23-19-15-11-13-17-21(19)36(32(40)44-34(6,7)8)28(23)26(30(38)42-10-2)24-20-16-12-14-18-22(20)35(27(24)25)31(39)43-33(3,4)5/h11-18H,9-10H2,1-8H3. The summed E-state index contributed by atoms with van der Waals surface area (Å²) in [5, 5.41) is 1.44. The number of nitrogens with zero attached hydrogens (tertiary/aromatic N) is 2. The van der Waals surface area contributed by atoms with E-state index >= 15 is 0 Å². The number of hydrogen-bond acceptors (Lipinski definition) is 8. The smallest absolute Gasteiger partial charge is 0.419 e. The molecule has 2 aromatic heterocycles. The van der Waals surface area contributed by atoms with E-state index in [9.17, 15) is 19.2 Å². The number of benzene rings is 3. The zero-order valence-electron chi connectivity index (χ0n) is 26.2. The number of hydrogen-bond donors (Lipinski definition) is 0. The molecule has 0 amide bonds. The molecule has 44 heavy (non-hydrogen) atoms. The Labute approximate surface area is 254 Å². The van der Waals surface area contributed by atoms with Gasteiger partial charge >= 0.3 is 24.1 Å². The maximum absolute atomic E-state index is 14.0. The van der Waals surface area contributed by atoms with Gasteiger partial charge in [0.1, 0.15) is 11.2 Å². The second-order valence-corrected chi connectivity index (χ2v) is 12.3. The van der Waals surface area contributed by atoms with Gasteiger partial charge in [0.05, 0.1) is 46.4 Å². The molecule has 5 aromatic rings. The fourth-order valence-electron chi connectivity index (χ4n) is 5.49. The molecule has 10 heteroatoms. The fraction of sp³-hybridized carbons (Fsp3) is 0.353. The van der Waals surface area contributed by atoms with E-state index in [0.29, 0.717) is 21.8 Å². The average molecular weight is 601 g/mol. The molecule has 0 radical (unpaired) electrons. The lowest BCUT2D eigenvalue weighted by molar-refractivity contribution is 0.0509. The topological polar surface area (TPSA) is 115 Å². The summed E-state index contributed by atoms with van der Waals surface area (Å²) in [7, 11) is 0. The molecule has 230 valence electrons. The predicted molar refractivity (Wildman–Crippen MR) is 168 cm³/mol. The SMILES string of the molecule is CCOC(=O)c1c2c3ccccc3n(C(=O)OC(C)(C)C)c2c(C(=O)OCC)c2c3ccccc3n(C(=O)OC(C)(C)C)c12. The number of esters is 2. The number of para-hydroxylation sites is 2. The lowest BCUT2D eigenvalue weighted by atomic mass is 9.96. The minimum Gasteiger partial charge on any atom is -0.462 e. The van der Waals surface area contributed by atoms with Crippen molar-refractivity contribution in [1.29, 1.82) is 0 Å². The van der Waals surface area contributed by atoms with Crippen molar-refractivity contribution in [1.82, 2.24) is 9.13 Å². The molecule has 0 atom stereocenters. The van der Waals surface area contributed by atoms with E-state index in [2.05, 4.69) is 0 Å². The molecule has 0 saturated carbocycles. The Hall–Kier alpha value is -4.86. The van der Waals surface area contributed by atoms with Gasteiger partial charge in [-0.3, -0.25) is 0 Å². The Morgan fingerprint density at radius 2 is 0.932 bits per heavy atom. The van der Waals surface area contributed by atoms with Gasteiger partial charge in [0.15, 0.2) is 0 Å². The van der Waals surface area contributed by atoms with Gasteiger partial charge in [-0.05, 0) is 67.5 Å². The molecule has 0 spiro atoms. The minimum atomic E-state index is -0.875. The van der Waals surface area contributed by atoms with E-state index in [4.69, 9.17) is 18.9 Å².